The summed E-state index contributed by atoms with van der Waals surface area (Å²) in [6.07, 6.45) is 2.89. The Bertz CT molecular complexity index is 859. The van der Waals surface area contributed by atoms with E-state index >= 15 is 4.39 Å². The molecular formula is C24H31ClFN3O2. The lowest BCUT2D eigenvalue weighted by Crippen LogP contribution is -2.44. The molecule has 5 nitrogen and oxygen atoms in total. The van der Waals surface area contributed by atoms with Crippen LogP contribution in [0, 0.1) is 5.82 Å². The first kappa shape index (κ1) is 23.5. The van der Waals surface area contributed by atoms with Crippen LogP contribution < -0.4 is 20.7 Å². The number of piperidine rings is 1. The molecule has 7 heteroatoms. The van der Waals surface area contributed by atoms with Crippen LogP contribution in [0.1, 0.15) is 51.1 Å². The number of rotatable bonds is 9. The minimum Gasteiger partial charge on any atom is -0.453 e. The molecule has 0 saturated carbocycles. The Morgan fingerprint density at radius 2 is 1.94 bits per heavy atom. The molecule has 1 aliphatic heterocycles. The smallest absolute Gasteiger partial charge is 0.221 e. The van der Waals surface area contributed by atoms with Crippen molar-refractivity contribution in [1.82, 2.24) is 16.0 Å². The van der Waals surface area contributed by atoms with Gasteiger partial charge in [0.05, 0.1) is 5.02 Å². The number of carbonyl (C=O) groups excluding carboxylic acids is 1. The van der Waals surface area contributed by atoms with E-state index in [4.69, 9.17) is 16.3 Å². The molecule has 1 aliphatic rings. The van der Waals surface area contributed by atoms with E-state index in [1.165, 1.54) is 0 Å². The molecule has 1 saturated heterocycles. The van der Waals surface area contributed by atoms with Gasteiger partial charge in [-0.05, 0) is 57.5 Å². The van der Waals surface area contributed by atoms with E-state index in [0.717, 1.165) is 25.9 Å². The van der Waals surface area contributed by atoms with Gasteiger partial charge in [-0.2, -0.15) is 0 Å². The van der Waals surface area contributed by atoms with Crippen LogP contribution in [0.3, 0.4) is 0 Å². The van der Waals surface area contributed by atoms with Crippen molar-refractivity contribution in [3.05, 3.63) is 58.9 Å². The Morgan fingerprint density at radius 3 is 2.61 bits per heavy atom. The number of hydrogen-bond acceptors (Lipinski definition) is 4. The summed E-state index contributed by atoms with van der Waals surface area (Å²) in [7, 11) is 0. The maximum absolute atomic E-state index is 15.3. The fourth-order valence-electron chi connectivity index (χ4n) is 3.88. The third-order valence-electron chi connectivity index (χ3n) is 5.51. The highest BCUT2D eigenvalue weighted by Crippen LogP contribution is 2.36. The summed E-state index contributed by atoms with van der Waals surface area (Å²) in [5.74, 6) is 0.0693. The average Bonchev–Trinajstić information content (AvgIpc) is 2.76. The Labute approximate surface area is 188 Å². The fourth-order valence-corrected chi connectivity index (χ4v) is 4.06. The van der Waals surface area contributed by atoms with Crippen molar-refractivity contribution in [2.45, 2.75) is 57.7 Å². The van der Waals surface area contributed by atoms with Crippen LogP contribution in [-0.4, -0.2) is 31.1 Å². The Kier molecular flexibility index (Phi) is 8.69. The highest BCUT2D eigenvalue weighted by atomic mass is 35.5. The first-order valence-electron chi connectivity index (χ1n) is 10.9. The van der Waals surface area contributed by atoms with Crippen molar-refractivity contribution in [3.8, 4) is 11.5 Å². The summed E-state index contributed by atoms with van der Waals surface area (Å²) in [5, 5.41) is 10.0. The second-order valence-corrected chi connectivity index (χ2v) is 8.43. The van der Waals surface area contributed by atoms with Crippen molar-refractivity contribution in [1.29, 1.82) is 0 Å². The van der Waals surface area contributed by atoms with E-state index in [1.54, 1.807) is 24.3 Å². The zero-order chi connectivity index (χ0) is 22.2. The Morgan fingerprint density at radius 1 is 1.23 bits per heavy atom. The molecule has 2 aromatic carbocycles. The van der Waals surface area contributed by atoms with Crippen LogP contribution in [0.25, 0.3) is 0 Å². The number of nitrogens with one attached hydrogen (secondary N) is 3. The zero-order valence-electron chi connectivity index (χ0n) is 18.1. The van der Waals surface area contributed by atoms with Gasteiger partial charge in [-0.25, -0.2) is 4.39 Å². The number of hydrogen-bond donors (Lipinski definition) is 3. The second-order valence-electron chi connectivity index (χ2n) is 8.02. The third-order valence-corrected chi connectivity index (χ3v) is 5.80. The molecule has 168 valence electrons. The summed E-state index contributed by atoms with van der Waals surface area (Å²) in [6.45, 7) is 5.78. The van der Waals surface area contributed by atoms with Crippen LogP contribution in [0.5, 0.6) is 11.5 Å². The van der Waals surface area contributed by atoms with Crippen molar-refractivity contribution >= 4 is 17.5 Å². The van der Waals surface area contributed by atoms with Crippen LogP contribution >= 0.6 is 11.6 Å². The van der Waals surface area contributed by atoms with Crippen LogP contribution in [0.15, 0.2) is 42.5 Å². The van der Waals surface area contributed by atoms with E-state index in [1.807, 2.05) is 32.0 Å². The Hall–Kier alpha value is -2.15. The molecule has 2 aromatic rings. The van der Waals surface area contributed by atoms with Crippen LogP contribution in [0.2, 0.25) is 5.02 Å². The molecule has 3 rings (SSSR count). The summed E-state index contributed by atoms with van der Waals surface area (Å²) in [6, 6.07) is 12.2. The molecule has 1 heterocycles. The normalized spacial score (nSPS) is 16.5. The van der Waals surface area contributed by atoms with Crippen molar-refractivity contribution in [2.24, 2.45) is 0 Å². The lowest BCUT2D eigenvalue weighted by Gasteiger charge is -2.26. The number of carbonyl (C=O) groups is 1. The maximum atomic E-state index is 15.3. The molecule has 31 heavy (non-hydrogen) atoms. The van der Waals surface area contributed by atoms with E-state index in [0.29, 0.717) is 24.2 Å². The van der Waals surface area contributed by atoms with Crippen LogP contribution in [-0.2, 0) is 4.79 Å². The van der Waals surface area contributed by atoms with Gasteiger partial charge in [-0.3, -0.25) is 4.79 Å². The van der Waals surface area contributed by atoms with Crippen molar-refractivity contribution < 1.29 is 13.9 Å². The van der Waals surface area contributed by atoms with Gasteiger partial charge in [0.2, 0.25) is 5.91 Å². The highest BCUT2D eigenvalue weighted by Gasteiger charge is 2.23. The highest BCUT2D eigenvalue weighted by molar-refractivity contribution is 6.32. The average molecular weight is 448 g/mol. The summed E-state index contributed by atoms with van der Waals surface area (Å²) in [5.41, 5.74) is 0.475. The molecule has 0 aromatic heterocycles. The van der Waals surface area contributed by atoms with Gasteiger partial charge in [0.1, 0.15) is 5.75 Å². The topological polar surface area (TPSA) is 62.4 Å². The predicted molar refractivity (Wildman–Crippen MR) is 122 cm³/mol. The fraction of sp³-hybridized carbons (Fsp3) is 0.458. The number of benzene rings is 2. The second kappa shape index (κ2) is 11.5. The largest absolute Gasteiger partial charge is 0.453 e. The molecule has 1 amide bonds. The van der Waals surface area contributed by atoms with Crippen molar-refractivity contribution in [3.63, 3.8) is 0 Å². The van der Waals surface area contributed by atoms with E-state index in [-0.39, 0.29) is 34.8 Å². The predicted octanol–water partition coefficient (Wildman–Crippen LogP) is 4.96. The van der Waals surface area contributed by atoms with Crippen LogP contribution in [0.4, 0.5) is 4.39 Å². The quantitative estimate of drug-likeness (QED) is 0.508. The lowest BCUT2D eigenvalue weighted by molar-refractivity contribution is -0.122. The summed E-state index contributed by atoms with van der Waals surface area (Å²) >= 11 is 6.22. The van der Waals surface area contributed by atoms with Gasteiger partial charge >= 0.3 is 0 Å². The minimum atomic E-state index is -0.484. The molecule has 0 radical (unpaired) electrons. The molecule has 0 aliphatic carbocycles. The molecule has 3 N–H and O–H groups in total. The number of para-hydroxylation sites is 1. The van der Waals surface area contributed by atoms with Gasteiger partial charge in [0.25, 0.3) is 0 Å². The molecule has 0 bridgehead atoms. The standard InChI is InChI=1S/C24H31ClFN3O2/c1-3-21(28-16(2)15-22(30)29-17-11-13-27-14-12-17)19-9-10-20(25)24(23(19)26)31-18-7-5-4-6-8-18/h4-10,16-17,21,27-28H,3,11-15H2,1-2H3,(H,29,30)/t16-,21+/m0/s1. The lowest BCUT2D eigenvalue weighted by atomic mass is 10.0. The first-order chi connectivity index (χ1) is 15.0. The third kappa shape index (κ3) is 6.66. The van der Waals surface area contributed by atoms with Gasteiger partial charge in [0, 0.05) is 30.1 Å². The zero-order valence-corrected chi connectivity index (χ0v) is 18.8. The first-order valence-corrected chi connectivity index (χ1v) is 11.3. The van der Waals surface area contributed by atoms with Gasteiger partial charge < -0.3 is 20.7 Å². The molecule has 2 atom stereocenters. The van der Waals surface area contributed by atoms with Crippen molar-refractivity contribution in [2.75, 3.05) is 13.1 Å². The van der Waals surface area contributed by atoms with E-state index in [2.05, 4.69) is 16.0 Å². The number of ether oxygens (including phenoxy) is 1. The maximum Gasteiger partial charge on any atom is 0.221 e. The van der Waals surface area contributed by atoms with E-state index < -0.39 is 5.82 Å². The summed E-state index contributed by atoms with van der Waals surface area (Å²) in [4.78, 5) is 12.4. The van der Waals surface area contributed by atoms with Gasteiger partial charge in [-0.15, -0.1) is 0 Å². The molecule has 0 spiro atoms. The SMILES string of the molecule is CC[C@@H](N[C@@H](C)CC(=O)NC1CCNCC1)c1ccc(Cl)c(Oc2ccccc2)c1F. The monoisotopic (exact) mass is 447 g/mol. The van der Waals surface area contributed by atoms with Gasteiger partial charge in [-0.1, -0.05) is 42.8 Å². The van der Waals surface area contributed by atoms with E-state index in [9.17, 15) is 4.79 Å². The number of halogens is 2. The molecule has 1 fully saturated rings. The minimum absolute atomic E-state index is 0.0157. The Balaban J connectivity index is 1.65. The van der Waals surface area contributed by atoms with Gasteiger partial charge in [0.15, 0.2) is 11.6 Å². The molecule has 0 unspecified atom stereocenters. The summed E-state index contributed by atoms with van der Waals surface area (Å²) < 4.78 is 21.1. The molecular weight excluding hydrogens is 417 g/mol. The number of amides is 1.